The van der Waals surface area contributed by atoms with Crippen molar-refractivity contribution in [3.63, 3.8) is 0 Å². The predicted molar refractivity (Wildman–Crippen MR) is 97.7 cm³/mol. The molecular formula is C20H24N2O2. The minimum absolute atomic E-state index is 0.0608. The Bertz CT molecular complexity index is 711. The van der Waals surface area contributed by atoms with Crippen molar-refractivity contribution < 1.29 is 9.53 Å². The lowest BCUT2D eigenvalue weighted by Crippen LogP contribution is -2.24. The molecule has 4 nitrogen and oxygen atoms in total. The number of benzene rings is 2. The van der Waals surface area contributed by atoms with Crippen LogP contribution in [0.25, 0.3) is 0 Å². The summed E-state index contributed by atoms with van der Waals surface area (Å²) in [6.45, 7) is 8.17. The predicted octanol–water partition coefficient (Wildman–Crippen LogP) is 3.70. The molecule has 0 heterocycles. The van der Waals surface area contributed by atoms with Gasteiger partial charge in [-0.15, -0.1) is 0 Å². The van der Waals surface area contributed by atoms with Gasteiger partial charge in [0.1, 0.15) is 5.75 Å². The molecule has 0 aliphatic carbocycles. The molecule has 0 unspecified atom stereocenters. The lowest BCUT2D eigenvalue weighted by Gasteiger charge is -2.07. The second kappa shape index (κ2) is 8.29. The van der Waals surface area contributed by atoms with Gasteiger partial charge in [0.15, 0.2) is 6.61 Å². The van der Waals surface area contributed by atoms with E-state index in [2.05, 4.69) is 36.5 Å². The summed E-state index contributed by atoms with van der Waals surface area (Å²) >= 11 is 0. The van der Waals surface area contributed by atoms with Gasteiger partial charge < -0.3 is 4.74 Å². The third-order valence-electron chi connectivity index (χ3n) is 3.82. The van der Waals surface area contributed by atoms with Crippen LogP contribution in [-0.2, 0) is 11.2 Å². The SMILES string of the molecule is CCc1ccc(OCC(=O)N/N=C\c2c(C)cc(C)cc2C)cc1. The van der Waals surface area contributed by atoms with E-state index < -0.39 is 0 Å². The lowest BCUT2D eigenvalue weighted by atomic mass is 10.0. The van der Waals surface area contributed by atoms with Gasteiger partial charge in [0, 0.05) is 5.56 Å². The van der Waals surface area contributed by atoms with E-state index in [4.69, 9.17) is 4.74 Å². The van der Waals surface area contributed by atoms with Crippen molar-refractivity contribution in [3.8, 4) is 5.75 Å². The maximum atomic E-state index is 11.8. The third-order valence-corrected chi connectivity index (χ3v) is 3.82. The first-order valence-electron chi connectivity index (χ1n) is 8.11. The van der Waals surface area contributed by atoms with Gasteiger partial charge in [0.25, 0.3) is 5.91 Å². The zero-order valence-corrected chi connectivity index (χ0v) is 14.7. The molecule has 0 radical (unpaired) electrons. The molecular weight excluding hydrogens is 300 g/mol. The average molecular weight is 324 g/mol. The van der Waals surface area contributed by atoms with Gasteiger partial charge in [-0.25, -0.2) is 5.43 Å². The number of carbonyl (C=O) groups excluding carboxylic acids is 1. The molecule has 0 aliphatic rings. The minimum atomic E-state index is -0.284. The van der Waals surface area contributed by atoms with Crippen LogP contribution in [0.1, 0.15) is 34.7 Å². The Morgan fingerprint density at radius 3 is 2.33 bits per heavy atom. The van der Waals surface area contributed by atoms with Gasteiger partial charge >= 0.3 is 0 Å². The van der Waals surface area contributed by atoms with Crippen LogP contribution in [-0.4, -0.2) is 18.7 Å². The summed E-state index contributed by atoms with van der Waals surface area (Å²) in [7, 11) is 0. The third kappa shape index (κ3) is 4.95. The summed E-state index contributed by atoms with van der Waals surface area (Å²) in [4.78, 5) is 11.8. The molecule has 0 aromatic heterocycles. The van der Waals surface area contributed by atoms with Crippen molar-refractivity contribution >= 4 is 12.1 Å². The number of ether oxygens (including phenoxy) is 1. The number of amides is 1. The van der Waals surface area contributed by atoms with Gasteiger partial charge in [-0.3, -0.25) is 4.79 Å². The van der Waals surface area contributed by atoms with E-state index >= 15 is 0 Å². The fourth-order valence-corrected chi connectivity index (χ4v) is 2.57. The fourth-order valence-electron chi connectivity index (χ4n) is 2.57. The summed E-state index contributed by atoms with van der Waals surface area (Å²) in [6.07, 6.45) is 2.66. The van der Waals surface area contributed by atoms with Crippen molar-refractivity contribution in [2.24, 2.45) is 5.10 Å². The Hall–Kier alpha value is -2.62. The lowest BCUT2D eigenvalue weighted by molar-refractivity contribution is -0.123. The summed E-state index contributed by atoms with van der Waals surface area (Å²) in [5.74, 6) is 0.393. The number of nitrogens with one attached hydrogen (secondary N) is 1. The highest BCUT2D eigenvalue weighted by Crippen LogP contribution is 2.14. The van der Waals surface area contributed by atoms with E-state index in [1.807, 2.05) is 38.1 Å². The molecule has 24 heavy (non-hydrogen) atoms. The molecule has 126 valence electrons. The maximum Gasteiger partial charge on any atom is 0.277 e. The summed E-state index contributed by atoms with van der Waals surface area (Å²) in [6, 6.07) is 11.9. The average Bonchev–Trinajstić information content (AvgIpc) is 2.55. The van der Waals surface area contributed by atoms with Crippen molar-refractivity contribution in [1.82, 2.24) is 5.43 Å². The zero-order chi connectivity index (χ0) is 17.5. The van der Waals surface area contributed by atoms with Crippen molar-refractivity contribution in [2.45, 2.75) is 34.1 Å². The highest BCUT2D eigenvalue weighted by molar-refractivity contribution is 5.85. The maximum absolute atomic E-state index is 11.8. The van der Waals surface area contributed by atoms with Crippen LogP contribution in [0.15, 0.2) is 41.5 Å². The molecule has 2 aromatic carbocycles. The van der Waals surface area contributed by atoms with Crippen molar-refractivity contribution in [2.75, 3.05) is 6.61 Å². The normalized spacial score (nSPS) is 10.8. The first-order valence-corrected chi connectivity index (χ1v) is 8.11. The van der Waals surface area contributed by atoms with Crippen molar-refractivity contribution in [1.29, 1.82) is 0 Å². The van der Waals surface area contributed by atoms with E-state index in [9.17, 15) is 4.79 Å². The zero-order valence-electron chi connectivity index (χ0n) is 14.7. The van der Waals surface area contributed by atoms with Crippen molar-refractivity contribution in [3.05, 3.63) is 64.2 Å². The second-order valence-electron chi connectivity index (χ2n) is 5.89. The molecule has 2 rings (SSSR count). The van der Waals surface area contributed by atoms with Crippen LogP contribution < -0.4 is 10.2 Å². The van der Waals surface area contributed by atoms with Crippen LogP contribution in [0.3, 0.4) is 0 Å². The summed E-state index contributed by atoms with van der Waals surface area (Å²) < 4.78 is 5.45. The Kier molecular flexibility index (Phi) is 6.13. The minimum Gasteiger partial charge on any atom is -0.484 e. The largest absolute Gasteiger partial charge is 0.484 e. The molecule has 0 spiro atoms. The van der Waals surface area contributed by atoms with E-state index in [1.54, 1.807) is 6.21 Å². The van der Waals surface area contributed by atoms with E-state index in [0.717, 1.165) is 23.1 Å². The molecule has 2 aromatic rings. The van der Waals surface area contributed by atoms with E-state index in [0.29, 0.717) is 5.75 Å². The second-order valence-corrected chi connectivity index (χ2v) is 5.89. The van der Waals surface area contributed by atoms with Gasteiger partial charge in [-0.1, -0.05) is 36.8 Å². The Morgan fingerprint density at radius 2 is 1.75 bits per heavy atom. The van der Waals surface area contributed by atoms with Crippen LogP contribution in [0.2, 0.25) is 0 Å². The number of hydrogen-bond acceptors (Lipinski definition) is 3. The first-order chi connectivity index (χ1) is 11.5. The Morgan fingerprint density at radius 1 is 1.12 bits per heavy atom. The number of hydrogen-bond donors (Lipinski definition) is 1. The molecule has 0 atom stereocenters. The first kappa shape index (κ1) is 17.7. The monoisotopic (exact) mass is 324 g/mol. The molecule has 0 saturated heterocycles. The van der Waals surface area contributed by atoms with E-state index in [-0.39, 0.29) is 12.5 Å². The smallest absolute Gasteiger partial charge is 0.277 e. The van der Waals surface area contributed by atoms with Gasteiger partial charge in [0.2, 0.25) is 0 Å². The topological polar surface area (TPSA) is 50.7 Å². The Labute approximate surface area is 143 Å². The quantitative estimate of drug-likeness (QED) is 0.650. The molecule has 0 fully saturated rings. The van der Waals surface area contributed by atoms with E-state index in [1.165, 1.54) is 11.1 Å². The summed E-state index contributed by atoms with van der Waals surface area (Å²) in [5, 5.41) is 4.03. The van der Waals surface area contributed by atoms with Crippen LogP contribution in [0.5, 0.6) is 5.75 Å². The number of hydrazone groups is 1. The van der Waals surface area contributed by atoms with Crippen LogP contribution >= 0.6 is 0 Å². The van der Waals surface area contributed by atoms with Gasteiger partial charge in [0.05, 0.1) is 6.21 Å². The fraction of sp³-hybridized carbons (Fsp3) is 0.300. The van der Waals surface area contributed by atoms with Gasteiger partial charge in [-0.2, -0.15) is 5.10 Å². The molecule has 0 aliphatic heterocycles. The number of carbonyl (C=O) groups is 1. The van der Waals surface area contributed by atoms with Gasteiger partial charge in [-0.05, 0) is 56.0 Å². The highest BCUT2D eigenvalue weighted by Gasteiger charge is 2.03. The highest BCUT2D eigenvalue weighted by atomic mass is 16.5. The molecule has 0 bridgehead atoms. The Balaban J connectivity index is 1.86. The molecule has 1 N–H and O–H groups in total. The number of aryl methyl sites for hydroxylation is 4. The molecule has 4 heteroatoms. The number of rotatable bonds is 6. The molecule has 0 saturated carbocycles. The standard InChI is InChI=1S/C20H24N2O2/c1-5-17-6-8-18(9-7-17)24-13-20(23)22-21-12-19-15(3)10-14(2)11-16(19)4/h6-12H,5,13H2,1-4H3,(H,22,23)/b21-12-. The summed E-state index contributed by atoms with van der Waals surface area (Å²) in [5.41, 5.74) is 8.25. The molecule has 1 amide bonds. The van der Waals surface area contributed by atoms with Crippen LogP contribution in [0.4, 0.5) is 0 Å². The van der Waals surface area contributed by atoms with Crippen LogP contribution in [0, 0.1) is 20.8 Å². The number of nitrogens with zero attached hydrogens (tertiary/aromatic N) is 1.